The van der Waals surface area contributed by atoms with Gasteiger partial charge in [-0.2, -0.15) is 0 Å². The van der Waals surface area contributed by atoms with Gasteiger partial charge in [-0.3, -0.25) is 4.79 Å². The minimum atomic E-state index is -3.75. The number of sulfone groups is 1. The van der Waals surface area contributed by atoms with E-state index in [1.165, 1.54) is 23.5 Å². The predicted octanol–water partition coefficient (Wildman–Crippen LogP) is 5.02. The number of anilines is 1. The number of thiophene rings is 1. The first kappa shape index (κ1) is 18.2. The highest BCUT2D eigenvalue weighted by Gasteiger charge is 2.34. The zero-order chi connectivity index (χ0) is 19.2. The van der Waals surface area contributed by atoms with E-state index in [2.05, 4.69) is 5.32 Å². The Bertz CT molecular complexity index is 1130. The maximum Gasteiger partial charge on any atom is 0.225 e. The van der Waals surface area contributed by atoms with Crippen molar-refractivity contribution in [3.63, 3.8) is 0 Å². The fourth-order valence-corrected chi connectivity index (χ4v) is 6.33. The van der Waals surface area contributed by atoms with Crippen LogP contribution in [-0.4, -0.2) is 14.3 Å². The maximum absolute atomic E-state index is 13.1. The Hall–Kier alpha value is -2.15. The normalized spacial score (nSPS) is 16.7. The van der Waals surface area contributed by atoms with Crippen molar-refractivity contribution in [2.24, 2.45) is 0 Å². The van der Waals surface area contributed by atoms with Crippen LogP contribution in [0.3, 0.4) is 0 Å². The molecule has 3 aromatic rings. The molecule has 2 heterocycles. The minimum absolute atomic E-state index is 0.135. The number of carbonyl (C=O) groups is 1. The SMILES string of the molecule is Cc1cccc([C@H]2CC(=O)Nc3c(S(=O)(=O)c4ccc(Cl)cc4)csc32)c1. The van der Waals surface area contributed by atoms with Crippen LogP contribution in [0.4, 0.5) is 5.69 Å². The van der Waals surface area contributed by atoms with Gasteiger partial charge < -0.3 is 5.32 Å². The summed E-state index contributed by atoms with van der Waals surface area (Å²) in [6.45, 7) is 2.00. The molecule has 1 aromatic heterocycles. The highest BCUT2D eigenvalue weighted by Crippen LogP contribution is 2.45. The van der Waals surface area contributed by atoms with Gasteiger partial charge in [0.1, 0.15) is 4.90 Å². The number of nitrogens with one attached hydrogen (secondary N) is 1. The molecule has 0 unspecified atom stereocenters. The highest BCUT2D eigenvalue weighted by molar-refractivity contribution is 7.91. The Balaban J connectivity index is 1.83. The van der Waals surface area contributed by atoms with Crippen molar-refractivity contribution < 1.29 is 13.2 Å². The summed E-state index contributed by atoms with van der Waals surface area (Å²) in [6.07, 6.45) is 0.303. The van der Waals surface area contributed by atoms with Gasteiger partial charge in [0.05, 0.1) is 10.6 Å². The quantitative estimate of drug-likeness (QED) is 0.651. The average Bonchev–Trinajstić information content (AvgIpc) is 3.06. The highest BCUT2D eigenvalue weighted by atomic mass is 35.5. The second kappa shape index (κ2) is 6.78. The zero-order valence-corrected chi connectivity index (χ0v) is 16.8. The summed E-state index contributed by atoms with van der Waals surface area (Å²) in [7, 11) is -3.75. The predicted molar refractivity (Wildman–Crippen MR) is 107 cm³/mol. The molecule has 0 saturated heterocycles. The van der Waals surface area contributed by atoms with Crippen molar-refractivity contribution in [3.8, 4) is 0 Å². The van der Waals surface area contributed by atoms with Gasteiger partial charge in [0.25, 0.3) is 0 Å². The monoisotopic (exact) mass is 417 g/mol. The van der Waals surface area contributed by atoms with E-state index >= 15 is 0 Å². The lowest BCUT2D eigenvalue weighted by Crippen LogP contribution is -2.23. The fraction of sp³-hybridized carbons (Fsp3) is 0.150. The third-order valence-corrected chi connectivity index (χ3v) is 7.91. The number of aryl methyl sites for hydroxylation is 1. The summed E-state index contributed by atoms with van der Waals surface area (Å²) >= 11 is 7.24. The molecule has 0 aliphatic carbocycles. The summed E-state index contributed by atoms with van der Waals surface area (Å²) in [5, 5.41) is 4.86. The van der Waals surface area contributed by atoms with E-state index in [-0.39, 0.29) is 21.6 Å². The Morgan fingerprint density at radius 2 is 1.89 bits per heavy atom. The topological polar surface area (TPSA) is 63.2 Å². The van der Waals surface area contributed by atoms with Crippen LogP contribution in [0.15, 0.2) is 63.7 Å². The molecule has 4 rings (SSSR count). The van der Waals surface area contributed by atoms with Crippen molar-refractivity contribution in [2.75, 3.05) is 5.32 Å². The second-order valence-corrected chi connectivity index (χ2v) is 9.78. The number of halogens is 1. The lowest BCUT2D eigenvalue weighted by molar-refractivity contribution is -0.116. The second-order valence-electron chi connectivity index (χ2n) is 6.52. The van der Waals surface area contributed by atoms with E-state index in [1.54, 1.807) is 17.5 Å². The van der Waals surface area contributed by atoms with Gasteiger partial charge in [-0.1, -0.05) is 41.4 Å². The van der Waals surface area contributed by atoms with Crippen LogP contribution in [-0.2, 0) is 14.6 Å². The molecule has 0 bridgehead atoms. The van der Waals surface area contributed by atoms with Gasteiger partial charge >= 0.3 is 0 Å². The van der Waals surface area contributed by atoms with Crippen LogP contribution < -0.4 is 5.32 Å². The molecule has 1 amide bonds. The van der Waals surface area contributed by atoms with Gasteiger partial charge in [0.2, 0.25) is 15.7 Å². The Labute approximate surface area is 166 Å². The first-order valence-corrected chi connectivity index (χ1v) is 11.1. The molecule has 4 nitrogen and oxygen atoms in total. The van der Waals surface area contributed by atoms with E-state index in [4.69, 9.17) is 11.6 Å². The molecule has 0 spiro atoms. The van der Waals surface area contributed by atoms with Gasteiger partial charge in [0, 0.05) is 27.6 Å². The van der Waals surface area contributed by atoms with Crippen LogP contribution in [0.1, 0.15) is 28.3 Å². The van der Waals surface area contributed by atoms with Crippen molar-refractivity contribution >= 4 is 44.4 Å². The Morgan fingerprint density at radius 3 is 2.59 bits per heavy atom. The van der Waals surface area contributed by atoms with Crippen molar-refractivity contribution in [3.05, 3.63) is 74.9 Å². The van der Waals surface area contributed by atoms with Crippen LogP contribution in [0.5, 0.6) is 0 Å². The standard InChI is InChI=1S/C20H16ClNO3S2/c1-12-3-2-4-13(9-12)16-10-18(23)22-19-17(11-26-20(16)19)27(24,25)15-7-5-14(21)6-8-15/h2-9,11,16H,10H2,1H3,(H,22,23)/t16-/m1/s1. The molecule has 1 aliphatic rings. The summed E-state index contributed by atoms with van der Waals surface area (Å²) in [6, 6.07) is 14.0. The van der Waals surface area contributed by atoms with Gasteiger partial charge in [-0.25, -0.2) is 8.42 Å². The third kappa shape index (κ3) is 3.29. The summed E-state index contributed by atoms with van der Waals surface area (Å²) in [4.78, 5) is 13.5. The maximum atomic E-state index is 13.1. The molecule has 27 heavy (non-hydrogen) atoms. The Kier molecular flexibility index (Phi) is 4.58. The van der Waals surface area contributed by atoms with Crippen LogP contribution in [0.25, 0.3) is 0 Å². The van der Waals surface area contributed by atoms with Gasteiger partial charge in [-0.15, -0.1) is 11.3 Å². The van der Waals surface area contributed by atoms with E-state index < -0.39 is 9.84 Å². The Morgan fingerprint density at radius 1 is 1.15 bits per heavy atom. The summed E-state index contributed by atoms with van der Waals surface area (Å²) in [5.74, 6) is -0.326. The first-order chi connectivity index (χ1) is 12.9. The average molecular weight is 418 g/mol. The molecular weight excluding hydrogens is 402 g/mol. The lowest BCUT2D eigenvalue weighted by Gasteiger charge is -2.24. The number of amides is 1. The summed E-state index contributed by atoms with van der Waals surface area (Å²) < 4.78 is 26.2. The molecule has 1 aliphatic heterocycles. The molecule has 138 valence electrons. The molecule has 0 radical (unpaired) electrons. The van der Waals surface area contributed by atoms with E-state index in [1.807, 2.05) is 31.2 Å². The van der Waals surface area contributed by atoms with Gasteiger partial charge in [0.15, 0.2) is 0 Å². The number of rotatable bonds is 3. The number of carbonyl (C=O) groups excluding carboxylic acids is 1. The van der Waals surface area contributed by atoms with Crippen molar-refractivity contribution in [1.29, 1.82) is 0 Å². The fourth-order valence-electron chi connectivity index (χ4n) is 3.30. The lowest BCUT2D eigenvalue weighted by atomic mass is 9.90. The molecule has 0 fully saturated rings. The van der Waals surface area contributed by atoms with Crippen LogP contribution in [0.2, 0.25) is 5.02 Å². The number of hydrogen-bond acceptors (Lipinski definition) is 4. The molecule has 1 atom stereocenters. The third-order valence-electron chi connectivity index (χ3n) is 4.61. The molecule has 0 saturated carbocycles. The number of benzene rings is 2. The van der Waals surface area contributed by atoms with Crippen molar-refractivity contribution in [1.82, 2.24) is 0 Å². The molecule has 7 heteroatoms. The molecule has 2 aromatic carbocycles. The minimum Gasteiger partial charge on any atom is -0.324 e. The number of fused-ring (bicyclic) bond motifs is 1. The van der Waals surface area contributed by atoms with E-state index in [9.17, 15) is 13.2 Å². The zero-order valence-electron chi connectivity index (χ0n) is 14.4. The first-order valence-electron chi connectivity index (χ1n) is 8.35. The van der Waals surface area contributed by atoms with E-state index in [0.29, 0.717) is 17.1 Å². The van der Waals surface area contributed by atoms with Crippen molar-refractivity contribution in [2.45, 2.75) is 29.1 Å². The van der Waals surface area contributed by atoms with E-state index in [0.717, 1.165) is 16.0 Å². The molecule has 1 N–H and O–H groups in total. The summed E-state index contributed by atoms with van der Waals surface area (Å²) in [5.41, 5.74) is 2.52. The van der Waals surface area contributed by atoms with Gasteiger partial charge in [-0.05, 0) is 36.8 Å². The smallest absolute Gasteiger partial charge is 0.225 e. The molecular formula is C20H16ClNO3S2. The van der Waals surface area contributed by atoms with Crippen LogP contribution >= 0.6 is 22.9 Å². The number of hydrogen-bond donors (Lipinski definition) is 1. The largest absolute Gasteiger partial charge is 0.324 e. The van der Waals surface area contributed by atoms with Crippen LogP contribution in [0, 0.1) is 6.92 Å².